The third-order valence-corrected chi connectivity index (χ3v) is 3.52. The molecule has 0 unspecified atom stereocenters. The molecule has 1 saturated carbocycles. The molecule has 0 atom stereocenters. The van der Waals surface area contributed by atoms with Crippen LogP contribution in [0, 0.1) is 5.92 Å². The van der Waals surface area contributed by atoms with Crippen molar-refractivity contribution < 1.29 is 18.0 Å². The molecule has 1 fully saturated rings. The number of alkyl halides is 3. The Kier molecular flexibility index (Phi) is 4.82. The summed E-state index contributed by atoms with van der Waals surface area (Å²) in [5.41, 5.74) is 3.92. The molecule has 0 radical (unpaired) electrons. The standard InChI is InChI=1S/C14H18F3NO/c15-14(16,17)12-6-8-13(9-7-12)18-19-10-11-4-2-1-3-5-11/h1-5,12-13,18H,6-10H2. The maximum Gasteiger partial charge on any atom is 0.391 e. The molecule has 1 aliphatic carbocycles. The normalized spacial score (nSPS) is 24.4. The number of hydrogen-bond donors (Lipinski definition) is 1. The fourth-order valence-electron chi connectivity index (χ4n) is 2.36. The lowest BCUT2D eigenvalue weighted by Gasteiger charge is -2.29. The van der Waals surface area contributed by atoms with Gasteiger partial charge in [0.25, 0.3) is 0 Å². The lowest BCUT2D eigenvalue weighted by atomic mass is 9.86. The largest absolute Gasteiger partial charge is 0.391 e. The van der Waals surface area contributed by atoms with E-state index >= 15 is 0 Å². The number of halogens is 3. The van der Waals surface area contributed by atoms with Gasteiger partial charge in [-0.3, -0.25) is 4.84 Å². The van der Waals surface area contributed by atoms with Gasteiger partial charge in [-0.15, -0.1) is 0 Å². The summed E-state index contributed by atoms with van der Waals surface area (Å²) in [6.07, 6.45) is -2.64. The second-order valence-corrected chi connectivity index (χ2v) is 4.98. The first-order valence-corrected chi connectivity index (χ1v) is 6.53. The zero-order valence-corrected chi connectivity index (χ0v) is 10.6. The van der Waals surface area contributed by atoms with Crippen molar-refractivity contribution in [3.8, 4) is 0 Å². The fraction of sp³-hybridized carbons (Fsp3) is 0.571. The molecule has 1 aliphatic rings. The van der Waals surface area contributed by atoms with E-state index in [4.69, 9.17) is 4.84 Å². The predicted molar refractivity (Wildman–Crippen MR) is 66.2 cm³/mol. The Balaban J connectivity index is 1.66. The summed E-state index contributed by atoms with van der Waals surface area (Å²) in [5.74, 6) is -1.14. The van der Waals surface area contributed by atoms with Crippen molar-refractivity contribution in [3.05, 3.63) is 35.9 Å². The molecular weight excluding hydrogens is 255 g/mol. The molecule has 0 aromatic heterocycles. The smallest absolute Gasteiger partial charge is 0.297 e. The zero-order chi connectivity index (χ0) is 13.7. The van der Waals surface area contributed by atoms with E-state index in [-0.39, 0.29) is 18.9 Å². The van der Waals surface area contributed by atoms with Gasteiger partial charge in [0.1, 0.15) is 0 Å². The summed E-state index contributed by atoms with van der Waals surface area (Å²) in [7, 11) is 0. The van der Waals surface area contributed by atoms with E-state index in [1.54, 1.807) is 0 Å². The van der Waals surface area contributed by atoms with E-state index in [2.05, 4.69) is 5.48 Å². The molecule has 0 amide bonds. The first kappa shape index (κ1) is 14.3. The van der Waals surface area contributed by atoms with Gasteiger partial charge in [0.05, 0.1) is 12.5 Å². The van der Waals surface area contributed by atoms with Gasteiger partial charge >= 0.3 is 6.18 Å². The molecule has 0 aliphatic heterocycles. The van der Waals surface area contributed by atoms with Crippen molar-refractivity contribution in [1.29, 1.82) is 0 Å². The van der Waals surface area contributed by atoms with Crippen LogP contribution < -0.4 is 5.48 Å². The minimum absolute atomic E-state index is 0.0299. The summed E-state index contributed by atoms with van der Waals surface area (Å²) < 4.78 is 37.5. The predicted octanol–water partition coefficient (Wildman–Crippen LogP) is 3.83. The third-order valence-electron chi connectivity index (χ3n) is 3.52. The van der Waals surface area contributed by atoms with Gasteiger partial charge in [0.2, 0.25) is 0 Å². The van der Waals surface area contributed by atoms with Crippen molar-refractivity contribution in [2.24, 2.45) is 5.92 Å². The molecule has 1 aromatic carbocycles. The van der Waals surface area contributed by atoms with E-state index in [0.29, 0.717) is 19.4 Å². The summed E-state index contributed by atoms with van der Waals surface area (Å²) >= 11 is 0. The molecule has 0 heterocycles. The lowest BCUT2D eigenvalue weighted by molar-refractivity contribution is -0.184. The van der Waals surface area contributed by atoms with E-state index in [9.17, 15) is 13.2 Å². The average molecular weight is 273 g/mol. The van der Waals surface area contributed by atoms with Crippen LogP contribution in [0.5, 0.6) is 0 Å². The van der Waals surface area contributed by atoms with Crippen LogP contribution >= 0.6 is 0 Å². The highest BCUT2D eigenvalue weighted by Gasteiger charge is 2.41. The molecule has 1 aromatic rings. The summed E-state index contributed by atoms with van der Waals surface area (Å²) in [5, 5.41) is 0. The van der Waals surface area contributed by atoms with Crippen molar-refractivity contribution in [3.63, 3.8) is 0 Å². The van der Waals surface area contributed by atoms with Crippen LogP contribution in [-0.4, -0.2) is 12.2 Å². The van der Waals surface area contributed by atoms with Crippen molar-refractivity contribution >= 4 is 0 Å². The maximum atomic E-state index is 12.5. The molecule has 2 nitrogen and oxygen atoms in total. The number of rotatable bonds is 4. The summed E-state index contributed by atoms with van der Waals surface area (Å²) in [4.78, 5) is 5.35. The van der Waals surface area contributed by atoms with E-state index in [1.807, 2.05) is 30.3 Å². The van der Waals surface area contributed by atoms with Crippen LogP contribution in [0.3, 0.4) is 0 Å². The van der Waals surface area contributed by atoms with Crippen LogP contribution in [0.4, 0.5) is 13.2 Å². The number of nitrogens with one attached hydrogen (secondary N) is 1. The molecule has 0 spiro atoms. The molecule has 1 N–H and O–H groups in total. The van der Waals surface area contributed by atoms with Gasteiger partial charge in [-0.1, -0.05) is 30.3 Å². The highest BCUT2D eigenvalue weighted by molar-refractivity contribution is 5.13. The molecule has 19 heavy (non-hydrogen) atoms. The quantitative estimate of drug-likeness (QED) is 0.842. The lowest BCUT2D eigenvalue weighted by Crippen LogP contribution is -2.36. The van der Waals surface area contributed by atoms with Gasteiger partial charge in [-0.05, 0) is 31.2 Å². The SMILES string of the molecule is FC(F)(F)C1CCC(NOCc2ccccc2)CC1. The van der Waals surface area contributed by atoms with Crippen molar-refractivity contribution in [1.82, 2.24) is 5.48 Å². The number of hydrogen-bond acceptors (Lipinski definition) is 2. The van der Waals surface area contributed by atoms with E-state index in [1.165, 1.54) is 0 Å². The van der Waals surface area contributed by atoms with Crippen molar-refractivity contribution in [2.45, 2.75) is 44.5 Å². The Bertz CT molecular complexity index is 372. The van der Waals surface area contributed by atoms with E-state index < -0.39 is 12.1 Å². The summed E-state index contributed by atoms with van der Waals surface area (Å²) in [6.45, 7) is 0.431. The number of benzene rings is 1. The van der Waals surface area contributed by atoms with Gasteiger partial charge in [0, 0.05) is 6.04 Å². The number of hydroxylamine groups is 1. The minimum atomic E-state index is -4.05. The molecule has 0 bridgehead atoms. The zero-order valence-electron chi connectivity index (χ0n) is 10.6. The van der Waals surface area contributed by atoms with Gasteiger partial charge < -0.3 is 0 Å². The van der Waals surface area contributed by atoms with Crippen LogP contribution in [0.1, 0.15) is 31.2 Å². The first-order chi connectivity index (χ1) is 9.05. The Morgan fingerprint density at radius 1 is 1.05 bits per heavy atom. The van der Waals surface area contributed by atoms with Crippen molar-refractivity contribution in [2.75, 3.05) is 0 Å². The average Bonchev–Trinajstić information content (AvgIpc) is 2.39. The van der Waals surface area contributed by atoms with Gasteiger partial charge in [-0.25, -0.2) is 0 Å². The Morgan fingerprint density at radius 3 is 2.26 bits per heavy atom. The highest BCUT2D eigenvalue weighted by Crippen LogP contribution is 2.37. The Morgan fingerprint density at radius 2 is 1.68 bits per heavy atom. The Labute approximate surface area is 110 Å². The van der Waals surface area contributed by atoms with Gasteiger partial charge in [-0.2, -0.15) is 18.7 Å². The topological polar surface area (TPSA) is 21.3 Å². The molecule has 5 heteroatoms. The molecule has 0 saturated heterocycles. The molecule has 106 valence electrons. The first-order valence-electron chi connectivity index (χ1n) is 6.53. The third kappa shape index (κ3) is 4.51. The second-order valence-electron chi connectivity index (χ2n) is 4.98. The van der Waals surface area contributed by atoms with Crippen LogP contribution in [0.2, 0.25) is 0 Å². The Hall–Kier alpha value is -1.07. The highest BCUT2D eigenvalue weighted by atomic mass is 19.4. The summed E-state index contributed by atoms with van der Waals surface area (Å²) in [6, 6.07) is 9.70. The second kappa shape index (κ2) is 6.39. The fourth-order valence-corrected chi connectivity index (χ4v) is 2.36. The van der Waals surface area contributed by atoms with Crippen LogP contribution in [0.15, 0.2) is 30.3 Å². The van der Waals surface area contributed by atoms with Crippen LogP contribution in [0.25, 0.3) is 0 Å². The maximum absolute atomic E-state index is 12.5. The van der Waals surface area contributed by atoms with Gasteiger partial charge in [0.15, 0.2) is 0 Å². The molecule has 2 rings (SSSR count). The van der Waals surface area contributed by atoms with Crippen LogP contribution in [-0.2, 0) is 11.4 Å². The molecular formula is C14H18F3NO. The van der Waals surface area contributed by atoms with E-state index in [0.717, 1.165) is 5.56 Å². The monoisotopic (exact) mass is 273 g/mol. The minimum Gasteiger partial charge on any atom is -0.297 e.